The second kappa shape index (κ2) is 6.34. The van der Waals surface area contributed by atoms with E-state index in [1.807, 2.05) is 17.1 Å². The minimum Gasteiger partial charge on any atom is -0.338 e. The minimum absolute atomic E-state index is 0.0163. The molecule has 2 atom stereocenters. The number of likely N-dealkylation sites (tertiary alicyclic amines) is 2. The topological polar surface area (TPSA) is 57.7 Å². The molecular weight excluding hydrogens is 304 g/mol. The van der Waals surface area contributed by atoms with E-state index in [0.717, 1.165) is 12.3 Å². The molecule has 2 saturated heterocycles. The fourth-order valence-electron chi connectivity index (χ4n) is 4.79. The second-order valence-corrected chi connectivity index (χ2v) is 7.84. The molecule has 0 aromatic heterocycles. The maximum Gasteiger partial charge on any atom is 0.233 e. The number of nitrogens with zero attached hydrogens (tertiary/aromatic N) is 2. The number of amides is 3. The van der Waals surface area contributed by atoms with Gasteiger partial charge in [-0.25, -0.2) is 0 Å². The van der Waals surface area contributed by atoms with Gasteiger partial charge in [0.2, 0.25) is 17.7 Å². The number of carbonyl (C=O) groups is 3. The molecule has 2 heterocycles. The molecule has 130 valence electrons. The van der Waals surface area contributed by atoms with Crippen LogP contribution in [0.2, 0.25) is 0 Å². The van der Waals surface area contributed by atoms with E-state index in [9.17, 15) is 14.4 Å². The predicted octanol–water partition coefficient (Wildman–Crippen LogP) is 2.12. The van der Waals surface area contributed by atoms with Crippen molar-refractivity contribution in [3.63, 3.8) is 0 Å². The molecule has 4 aliphatic rings. The van der Waals surface area contributed by atoms with Crippen LogP contribution in [0.15, 0.2) is 12.2 Å². The van der Waals surface area contributed by atoms with E-state index >= 15 is 0 Å². The lowest BCUT2D eigenvalue weighted by atomic mass is 9.85. The van der Waals surface area contributed by atoms with Gasteiger partial charge in [-0.1, -0.05) is 37.8 Å². The first-order valence-electron chi connectivity index (χ1n) is 9.45. The van der Waals surface area contributed by atoms with Gasteiger partial charge in [-0.05, 0) is 25.2 Å². The van der Waals surface area contributed by atoms with Crippen molar-refractivity contribution in [3.05, 3.63) is 12.2 Å². The highest BCUT2D eigenvalue weighted by Crippen LogP contribution is 2.37. The van der Waals surface area contributed by atoms with Crippen LogP contribution in [0.3, 0.4) is 0 Å². The van der Waals surface area contributed by atoms with Crippen LogP contribution in [0.4, 0.5) is 0 Å². The number of fused-ring (bicyclic) bond motifs is 1. The molecule has 5 heteroatoms. The van der Waals surface area contributed by atoms with Gasteiger partial charge in [0.15, 0.2) is 0 Å². The van der Waals surface area contributed by atoms with Gasteiger partial charge in [0.1, 0.15) is 0 Å². The van der Waals surface area contributed by atoms with Gasteiger partial charge in [0.25, 0.3) is 0 Å². The molecule has 1 saturated carbocycles. The highest BCUT2D eigenvalue weighted by molar-refractivity contribution is 6.06. The van der Waals surface area contributed by atoms with Gasteiger partial charge in [0, 0.05) is 19.5 Å². The summed E-state index contributed by atoms with van der Waals surface area (Å²) < 4.78 is 0. The zero-order chi connectivity index (χ0) is 16.7. The van der Waals surface area contributed by atoms with Gasteiger partial charge in [-0.3, -0.25) is 19.3 Å². The van der Waals surface area contributed by atoms with Gasteiger partial charge in [0.05, 0.1) is 17.9 Å². The van der Waals surface area contributed by atoms with Crippen molar-refractivity contribution in [3.8, 4) is 0 Å². The number of carbonyl (C=O) groups excluding carboxylic acids is 3. The zero-order valence-corrected chi connectivity index (χ0v) is 14.2. The number of allylic oxidation sites excluding steroid dienone is 2. The summed E-state index contributed by atoms with van der Waals surface area (Å²) in [5, 5.41) is 0. The van der Waals surface area contributed by atoms with Crippen molar-refractivity contribution < 1.29 is 14.4 Å². The van der Waals surface area contributed by atoms with E-state index in [2.05, 4.69) is 0 Å². The molecule has 2 aliphatic heterocycles. The molecule has 0 N–H and O–H groups in total. The van der Waals surface area contributed by atoms with Crippen molar-refractivity contribution in [2.24, 2.45) is 17.8 Å². The Hall–Kier alpha value is -1.65. The van der Waals surface area contributed by atoms with E-state index in [-0.39, 0.29) is 35.6 Å². The lowest BCUT2D eigenvalue weighted by Crippen LogP contribution is -2.62. The number of hydrogen-bond donors (Lipinski definition) is 0. The highest BCUT2D eigenvalue weighted by atomic mass is 16.2. The molecule has 3 fully saturated rings. The van der Waals surface area contributed by atoms with E-state index in [0.29, 0.717) is 32.4 Å². The number of hydrogen-bond acceptors (Lipinski definition) is 3. The second-order valence-electron chi connectivity index (χ2n) is 7.84. The zero-order valence-electron chi connectivity index (χ0n) is 14.2. The van der Waals surface area contributed by atoms with E-state index in [4.69, 9.17) is 0 Å². The fraction of sp³-hybridized carbons (Fsp3) is 0.737. The van der Waals surface area contributed by atoms with Crippen LogP contribution in [0.25, 0.3) is 0 Å². The molecule has 0 radical (unpaired) electrons. The van der Waals surface area contributed by atoms with Gasteiger partial charge >= 0.3 is 0 Å². The first-order valence-corrected chi connectivity index (χ1v) is 9.45. The lowest BCUT2D eigenvalue weighted by Gasteiger charge is -2.43. The van der Waals surface area contributed by atoms with E-state index in [1.165, 1.54) is 30.6 Å². The van der Waals surface area contributed by atoms with Crippen molar-refractivity contribution >= 4 is 17.7 Å². The fourth-order valence-corrected chi connectivity index (χ4v) is 4.79. The Morgan fingerprint density at radius 2 is 1.58 bits per heavy atom. The molecule has 2 aliphatic carbocycles. The Morgan fingerprint density at radius 3 is 2.17 bits per heavy atom. The Morgan fingerprint density at radius 1 is 1.00 bits per heavy atom. The van der Waals surface area contributed by atoms with Gasteiger partial charge in [-0.15, -0.1) is 0 Å². The Balaban J connectivity index is 1.28. The Kier molecular flexibility index (Phi) is 4.19. The van der Waals surface area contributed by atoms with Crippen LogP contribution < -0.4 is 0 Å². The van der Waals surface area contributed by atoms with Crippen molar-refractivity contribution in [1.82, 2.24) is 9.80 Å². The van der Waals surface area contributed by atoms with E-state index in [1.54, 1.807) is 0 Å². The summed E-state index contributed by atoms with van der Waals surface area (Å²) in [6, 6.07) is -0.0916. The van der Waals surface area contributed by atoms with Crippen LogP contribution in [-0.2, 0) is 14.4 Å². The average molecular weight is 330 g/mol. The number of rotatable bonds is 4. The molecule has 5 nitrogen and oxygen atoms in total. The third-order valence-corrected chi connectivity index (χ3v) is 6.36. The lowest BCUT2D eigenvalue weighted by molar-refractivity contribution is -0.152. The largest absolute Gasteiger partial charge is 0.338 e. The van der Waals surface area contributed by atoms with Crippen LogP contribution in [0.5, 0.6) is 0 Å². The van der Waals surface area contributed by atoms with Crippen LogP contribution in [0, 0.1) is 17.8 Å². The molecule has 0 aromatic rings. The summed E-state index contributed by atoms with van der Waals surface area (Å²) in [6.45, 7) is 1.07. The summed E-state index contributed by atoms with van der Waals surface area (Å²) in [5.41, 5.74) is 0. The molecule has 0 bridgehead atoms. The summed E-state index contributed by atoms with van der Waals surface area (Å²) in [6.07, 6.45) is 12.1. The molecule has 2 unspecified atom stereocenters. The van der Waals surface area contributed by atoms with Crippen molar-refractivity contribution in [2.45, 2.75) is 57.4 Å². The Bertz CT molecular complexity index is 547. The molecule has 4 rings (SSSR count). The summed E-state index contributed by atoms with van der Waals surface area (Å²) >= 11 is 0. The van der Waals surface area contributed by atoms with Crippen LogP contribution in [-0.4, -0.2) is 46.7 Å². The maximum absolute atomic E-state index is 12.5. The predicted molar refractivity (Wildman–Crippen MR) is 88.8 cm³/mol. The highest BCUT2D eigenvalue weighted by Gasteiger charge is 2.52. The third-order valence-electron chi connectivity index (χ3n) is 6.36. The van der Waals surface area contributed by atoms with Crippen LogP contribution in [0.1, 0.15) is 51.4 Å². The quantitative estimate of drug-likeness (QED) is 0.586. The third kappa shape index (κ3) is 2.68. The summed E-state index contributed by atoms with van der Waals surface area (Å²) in [7, 11) is 0. The molecule has 0 aromatic carbocycles. The normalized spacial score (nSPS) is 30.8. The smallest absolute Gasteiger partial charge is 0.233 e. The minimum atomic E-state index is -0.158. The van der Waals surface area contributed by atoms with E-state index < -0.39 is 0 Å². The SMILES string of the molecule is O=C(CCC1CCCC1)N1CC(N2C(=O)C3CC=CCC3C2=O)C1. The number of imide groups is 1. The first-order chi connectivity index (χ1) is 11.6. The maximum atomic E-state index is 12.5. The van der Waals surface area contributed by atoms with Gasteiger partial charge in [-0.2, -0.15) is 0 Å². The molecular formula is C19H26N2O3. The molecule has 0 spiro atoms. The Labute approximate surface area is 143 Å². The van der Waals surface area contributed by atoms with Crippen molar-refractivity contribution in [1.29, 1.82) is 0 Å². The van der Waals surface area contributed by atoms with Crippen LogP contribution >= 0.6 is 0 Å². The standard InChI is InChI=1S/C19H26N2O3/c22-17(10-9-13-5-1-2-6-13)20-11-14(12-20)21-18(23)15-7-3-4-8-16(15)19(21)24/h3-4,13-16H,1-2,5-12H2. The van der Waals surface area contributed by atoms with Crippen molar-refractivity contribution in [2.75, 3.05) is 13.1 Å². The molecule has 24 heavy (non-hydrogen) atoms. The summed E-state index contributed by atoms with van der Waals surface area (Å²) in [4.78, 5) is 40.6. The average Bonchev–Trinajstić information content (AvgIpc) is 3.15. The molecule has 3 amide bonds. The summed E-state index contributed by atoms with van der Waals surface area (Å²) in [5.74, 6) is 0.568. The van der Waals surface area contributed by atoms with Gasteiger partial charge < -0.3 is 4.90 Å². The first kappa shape index (κ1) is 15.9. The monoisotopic (exact) mass is 330 g/mol.